The standard InChI is InChI=1S/C16H18BrN3O2S/c1-21-12-6-5-11(14(10-12)22-2)7-9-19-16(23)20-15-13(17)4-3-8-18-15/h3-6,8,10H,7,9H2,1-2H3,(H2,18,19,20,23). The van der Waals surface area contributed by atoms with E-state index in [0.717, 1.165) is 28.0 Å². The minimum absolute atomic E-state index is 0.525. The fourth-order valence-corrected chi connectivity index (χ4v) is 2.55. The number of halogens is 1. The minimum atomic E-state index is 0.525. The van der Waals surface area contributed by atoms with E-state index >= 15 is 0 Å². The number of rotatable bonds is 6. The lowest BCUT2D eigenvalue weighted by Gasteiger charge is -2.13. The number of benzene rings is 1. The molecule has 2 aromatic rings. The van der Waals surface area contributed by atoms with Crippen molar-refractivity contribution in [3.05, 3.63) is 46.6 Å². The third-order valence-electron chi connectivity index (χ3n) is 3.16. The Balaban J connectivity index is 1.87. The molecule has 0 radical (unpaired) electrons. The Kier molecular flexibility index (Phi) is 6.61. The van der Waals surface area contributed by atoms with Gasteiger partial charge in [-0.3, -0.25) is 0 Å². The van der Waals surface area contributed by atoms with E-state index < -0.39 is 0 Å². The number of aromatic nitrogens is 1. The lowest BCUT2D eigenvalue weighted by Crippen LogP contribution is -2.30. The second-order valence-corrected chi connectivity index (χ2v) is 5.91. The van der Waals surface area contributed by atoms with Crippen LogP contribution in [0, 0.1) is 0 Å². The van der Waals surface area contributed by atoms with Crippen LogP contribution in [0.1, 0.15) is 5.56 Å². The molecule has 0 aliphatic carbocycles. The Labute approximate surface area is 149 Å². The molecule has 23 heavy (non-hydrogen) atoms. The van der Waals surface area contributed by atoms with Gasteiger partial charge in [0.2, 0.25) is 0 Å². The maximum atomic E-state index is 5.38. The summed E-state index contributed by atoms with van der Waals surface area (Å²) in [6, 6.07) is 9.53. The maximum absolute atomic E-state index is 5.38. The summed E-state index contributed by atoms with van der Waals surface area (Å²) in [5, 5.41) is 6.74. The van der Waals surface area contributed by atoms with Crippen molar-refractivity contribution in [1.82, 2.24) is 10.3 Å². The van der Waals surface area contributed by atoms with Crippen LogP contribution >= 0.6 is 28.1 Å². The van der Waals surface area contributed by atoms with Gasteiger partial charge < -0.3 is 20.1 Å². The molecule has 7 heteroatoms. The summed E-state index contributed by atoms with van der Waals surface area (Å²) in [4.78, 5) is 4.21. The van der Waals surface area contributed by atoms with Gasteiger partial charge in [-0.15, -0.1) is 0 Å². The van der Waals surface area contributed by atoms with Crippen LogP contribution in [-0.2, 0) is 6.42 Å². The van der Waals surface area contributed by atoms with Crippen molar-refractivity contribution >= 4 is 39.1 Å². The number of hydrogen-bond acceptors (Lipinski definition) is 4. The molecule has 0 aliphatic rings. The van der Waals surface area contributed by atoms with Gasteiger partial charge in [0.1, 0.15) is 17.3 Å². The minimum Gasteiger partial charge on any atom is -0.497 e. The largest absolute Gasteiger partial charge is 0.497 e. The van der Waals surface area contributed by atoms with Crippen LogP contribution in [0.3, 0.4) is 0 Å². The van der Waals surface area contributed by atoms with Crippen LogP contribution in [-0.4, -0.2) is 30.9 Å². The van der Waals surface area contributed by atoms with Gasteiger partial charge in [0.05, 0.1) is 18.7 Å². The Bertz CT molecular complexity index is 682. The number of methoxy groups -OCH3 is 2. The van der Waals surface area contributed by atoms with Gasteiger partial charge in [0, 0.05) is 18.8 Å². The summed E-state index contributed by atoms with van der Waals surface area (Å²) in [7, 11) is 3.28. The summed E-state index contributed by atoms with van der Waals surface area (Å²) in [6.07, 6.45) is 2.48. The van der Waals surface area contributed by atoms with E-state index in [1.54, 1.807) is 20.4 Å². The van der Waals surface area contributed by atoms with Crippen LogP contribution in [0.5, 0.6) is 11.5 Å². The summed E-state index contributed by atoms with van der Waals surface area (Å²) >= 11 is 8.70. The summed E-state index contributed by atoms with van der Waals surface area (Å²) in [6.45, 7) is 0.680. The molecule has 0 amide bonds. The highest BCUT2D eigenvalue weighted by molar-refractivity contribution is 9.10. The molecule has 0 saturated heterocycles. The first kappa shape index (κ1) is 17.5. The Morgan fingerprint density at radius 3 is 2.78 bits per heavy atom. The number of hydrogen-bond donors (Lipinski definition) is 2. The van der Waals surface area contributed by atoms with Crippen molar-refractivity contribution in [3.63, 3.8) is 0 Å². The molecule has 0 fully saturated rings. The quantitative estimate of drug-likeness (QED) is 0.731. The Hall–Kier alpha value is -1.86. The highest BCUT2D eigenvalue weighted by Crippen LogP contribution is 2.24. The summed E-state index contributed by atoms with van der Waals surface area (Å²) in [5.41, 5.74) is 1.09. The first-order valence-corrected chi connectivity index (χ1v) is 8.20. The van der Waals surface area contributed by atoms with Crippen molar-refractivity contribution in [2.75, 3.05) is 26.1 Å². The van der Waals surface area contributed by atoms with E-state index in [4.69, 9.17) is 21.7 Å². The molecule has 5 nitrogen and oxygen atoms in total. The highest BCUT2D eigenvalue weighted by Gasteiger charge is 2.06. The van der Waals surface area contributed by atoms with Gasteiger partial charge in [0.25, 0.3) is 0 Å². The smallest absolute Gasteiger partial charge is 0.171 e. The SMILES string of the molecule is COc1ccc(CCNC(=S)Nc2ncccc2Br)c(OC)c1. The summed E-state index contributed by atoms with van der Waals surface area (Å²) < 4.78 is 11.4. The second-order valence-electron chi connectivity index (χ2n) is 4.64. The molecule has 1 aromatic carbocycles. The van der Waals surface area contributed by atoms with Crippen LogP contribution in [0.25, 0.3) is 0 Å². The predicted molar refractivity (Wildman–Crippen MR) is 99.4 cm³/mol. The lowest BCUT2D eigenvalue weighted by molar-refractivity contribution is 0.391. The van der Waals surface area contributed by atoms with Gasteiger partial charge in [-0.1, -0.05) is 6.07 Å². The van der Waals surface area contributed by atoms with E-state index in [-0.39, 0.29) is 0 Å². The van der Waals surface area contributed by atoms with Crippen molar-refractivity contribution in [2.24, 2.45) is 0 Å². The lowest BCUT2D eigenvalue weighted by atomic mass is 10.1. The zero-order valence-corrected chi connectivity index (χ0v) is 15.3. The van der Waals surface area contributed by atoms with Gasteiger partial charge in [-0.05, 0) is 58.3 Å². The fourth-order valence-electron chi connectivity index (χ4n) is 2.00. The topological polar surface area (TPSA) is 55.4 Å². The number of anilines is 1. The third-order valence-corrected chi connectivity index (χ3v) is 4.05. The number of pyridine rings is 1. The van der Waals surface area contributed by atoms with Gasteiger partial charge in [0.15, 0.2) is 5.11 Å². The first-order valence-electron chi connectivity index (χ1n) is 7.00. The van der Waals surface area contributed by atoms with Gasteiger partial charge in [-0.2, -0.15) is 0 Å². The molecule has 0 bridgehead atoms. The molecule has 1 heterocycles. The molecule has 2 rings (SSSR count). The molecule has 0 saturated carbocycles. The molecule has 0 unspecified atom stereocenters. The number of nitrogens with one attached hydrogen (secondary N) is 2. The van der Waals surface area contributed by atoms with E-state index in [1.165, 1.54) is 0 Å². The Morgan fingerprint density at radius 1 is 1.26 bits per heavy atom. The fraction of sp³-hybridized carbons (Fsp3) is 0.250. The van der Waals surface area contributed by atoms with Gasteiger partial charge in [-0.25, -0.2) is 4.98 Å². The molecule has 2 N–H and O–H groups in total. The monoisotopic (exact) mass is 395 g/mol. The van der Waals surface area contributed by atoms with Crippen molar-refractivity contribution in [2.45, 2.75) is 6.42 Å². The highest BCUT2D eigenvalue weighted by atomic mass is 79.9. The second kappa shape index (κ2) is 8.69. The zero-order valence-electron chi connectivity index (χ0n) is 12.9. The molecule has 122 valence electrons. The molecule has 1 aromatic heterocycles. The average Bonchev–Trinajstić information content (AvgIpc) is 2.57. The van der Waals surface area contributed by atoms with Crippen molar-refractivity contribution < 1.29 is 9.47 Å². The predicted octanol–water partition coefficient (Wildman–Crippen LogP) is 3.39. The summed E-state index contributed by atoms with van der Waals surface area (Å²) in [5.74, 6) is 2.26. The van der Waals surface area contributed by atoms with E-state index in [9.17, 15) is 0 Å². The van der Waals surface area contributed by atoms with Crippen LogP contribution in [0.2, 0.25) is 0 Å². The van der Waals surface area contributed by atoms with E-state index in [0.29, 0.717) is 17.5 Å². The molecule has 0 aliphatic heterocycles. The van der Waals surface area contributed by atoms with Crippen LogP contribution in [0.15, 0.2) is 41.0 Å². The van der Waals surface area contributed by atoms with Crippen molar-refractivity contribution in [1.29, 1.82) is 0 Å². The molecule has 0 atom stereocenters. The first-order chi connectivity index (χ1) is 11.1. The van der Waals surface area contributed by atoms with Gasteiger partial charge >= 0.3 is 0 Å². The van der Waals surface area contributed by atoms with E-state index in [2.05, 4.69) is 31.5 Å². The Morgan fingerprint density at radius 2 is 2.09 bits per heavy atom. The van der Waals surface area contributed by atoms with Crippen LogP contribution < -0.4 is 20.1 Å². The number of nitrogens with zero attached hydrogens (tertiary/aromatic N) is 1. The maximum Gasteiger partial charge on any atom is 0.171 e. The number of thiocarbonyl (C=S) groups is 1. The molecular formula is C16H18BrN3O2S. The molecular weight excluding hydrogens is 378 g/mol. The third kappa shape index (κ3) is 5.07. The van der Waals surface area contributed by atoms with Crippen LogP contribution in [0.4, 0.5) is 5.82 Å². The average molecular weight is 396 g/mol. The van der Waals surface area contributed by atoms with Crippen molar-refractivity contribution in [3.8, 4) is 11.5 Å². The zero-order chi connectivity index (χ0) is 16.7. The normalized spacial score (nSPS) is 10.0. The molecule has 0 spiro atoms. The van der Waals surface area contributed by atoms with E-state index in [1.807, 2.05) is 30.3 Å². The number of ether oxygens (including phenoxy) is 2.